The minimum absolute atomic E-state index is 0.0632. The van der Waals surface area contributed by atoms with Gasteiger partial charge in [0.1, 0.15) is 17.9 Å². The lowest BCUT2D eigenvalue weighted by molar-refractivity contribution is -0.192. The zero-order valence-corrected chi connectivity index (χ0v) is 18.9. The smallest absolute Gasteiger partial charge is 0.475 e. The molecule has 11 nitrogen and oxygen atoms in total. The summed E-state index contributed by atoms with van der Waals surface area (Å²) in [6.45, 7) is 1.91. The molecule has 0 unspecified atom stereocenters. The lowest BCUT2D eigenvalue weighted by Gasteiger charge is -2.28. The highest BCUT2D eigenvalue weighted by Crippen LogP contribution is 2.34. The number of hydrogen-bond acceptors (Lipinski definition) is 7. The molecule has 38 heavy (non-hydrogen) atoms. The molecule has 3 N–H and O–H groups in total. The first-order valence-electron chi connectivity index (χ1n) is 10.5. The van der Waals surface area contributed by atoms with Gasteiger partial charge in [0.05, 0.1) is 11.9 Å². The number of amides is 1. The van der Waals surface area contributed by atoms with E-state index in [1.807, 2.05) is 4.90 Å². The van der Waals surface area contributed by atoms with E-state index in [1.54, 1.807) is 12.3 Å². The molecule has 208 valence electrons. The summed E-state index contributed by atoms with van der Waals surface area (Å²) >= 11 is 0. The average molecular weight is 558 g/mol. The van der Waals surface area contributed by atoms with Gasteiger partial charge in [0.25, 0.3) is 12.3 Å². The lowest BCUT2D eigenvalue weighted by Crippen LogP contribution is -2.43. The van der Waals surface area contributed by atoms with Crippen LogP contribution >= 0.6 is 0 Å². The van der Waals surface area contributed by atoms with Gasteiger partial charge in [-0.3, -0.25) is 9.48 Å². The molecule has 4 rings (SSSR count). The van der Waals surface area contributed by atoms with Gasteiger partial charge in [-0.25, -0.2) is 23.1 Å². The second-order valence-electron chi connectivity index (χ2n) is 7.61. The van der Waals surface area contributed by atoms with Gasteiger partial charge in [0.2, 0.25) is 0 Å². The molecule has 1 aliphatic rings. The molecule has 0 saturated carbocycles. The summed E-state index contributed by atoms with van der Waals surface area (Å²) in [7, 11) is 0. The Balaban J connectivity index is 0.000000505. The molecule has 0 bridgehead atoms. The van der Waals surface area contributed by atoms with Crippen molar-refractivity contribution < 1.29 is 49.8 Å². The van der Waals surface area contributed by atoms with Crippen molar-refractivity contribution in [2.75, 3.05) is 36.4 Å². The first-order chi connectivity index (χ1) is 17.7. The minimum atomic E-state index is -5.08. The summed E-state index contributed by atoms with van der Waals surface area (Å²) in [5.74, 6) is -3.07. The number of alkyl halides is 8. The molecule has 0 aromatic carbocycles. The average Bonchev–Trinajstić information content (AvgIpc) is 3.42. The number of aliphatic carboxylic acids is 1. The number of aromatic nitrogens is 5. The minimum Gasteiger partial charge on any atom is -0.475 e. The Morgan fingerprint density at radius 1 is 1.13 bits per heavy atom. The highest BCUT2D eigenvalue weighted by molar-refractivity contribution is 6.08. The van der Waals surface area contributed by atoms with E-state index >= 15 is 0 Å². The number of halogens is 8. The SMILES string of the molecule is O=C(Nc1cn(CC(F)F)nc1C(F)(F)F)c1cnn2ccc(N3CCNCC3)nc12.O=C(O)C(F)(F)F. The molecule has 3 aromatic rings. The van der Waals surface area contributed by atoms with Gasteiger partial charge >= 0.3 is 18.3 Å². The van der Waals surface area contributed by atoms with Gasteiger partial charge in [-0.15, -0.1) is 0 Å². The van der Waals surface area contributed by atoms with Crippen LogP contribution in [0.2, 0.25) is 0 Å². The van der Waals surface area contributed by atoms with Crippen LogP contribution in [0.1, 0.15) is 16.1 Å². The van der Waals surface area contributed by atoms with Crippen LogP contribution < -0.4 is 15.5 Å². The predicted octanol–water partition coefficient (Wildman–Crippen LogP) is 2.50. The van der Waals surface area contributed by atoms with Crippen molar-refractivity contribution in [3.8, 4) is 0 Å². The normalized spacial score (nSPS) is 14.4. The van der Waals surface area contributed by atoms with Crippen LogP contribution in [0, 0.1) is 0 Å². The van der Waals surface area contributed by atoms with E-state index < -0.39 is 48.6 Å². The number of hydrogen-bond donors (Lipinski definition) is 3. The number of carbonyl (C=O) groups excluding carboxylic acids is 1. The summed E-state index contributed by atoms with van der Waals surface area (Å²) < 4.78 is 98.4. The van der Waals surface area contributed by atoms with Crippen molar-refractivity contribution in [3.05, 3.63) is 35.9 Å². The Labute approximate surface area is 207 Å². The van der Waals surface area contributed by atoms with Crippen molar-refractivity contribution >= 4 is 29.0 Å². The fourth-order valence-electron chi connectivity index (χ4n) is 3.24. The third-order valence-corrected chi connectivity index (χ3v) is 4.89. The molecule has 1 amide bonds. The summed E-state index contributed by atoms with van der Waals surface area (Å²) in [6, 6.07) is 1.73. The molecule has 0 aliphatic carbocycles. The van der Waals surface area contributed by atoms with Gasteiger partial charge in [0.15, 0.2) is 11.3 Å². The first-order valence-corrected chi connectivity index (χ1v) is 10.5. The number of carboxylic acids is 1. The predicted molar refractivity (Wildman–Crippen MR) is 113 cm³/mol. The second-order valence-corrected chi connectivity index (χ2v) is 7.61. The number of anilines is 2. The topological polar surface area (TPSA) is 130 Å². The van der Waals surface area contributed by atoms with Crippen LogP contribution in [0.15, 0.2) is 24.7 Å². The van der Waals surface area contributed by atoms with Gasteiger partial charge in [-0.2, -0.15) is 36.5 Å². The molecule has 3 aromatic heterocycles. The Hall–Kier alpha value is -4.03. The van der Waals surface area contributed by atoms with Crippen LogP contribution in [0.25, 0.3) is 5.65 Å². The van der Waals surface area contributed by atoms with E-state index in [0.29, 0.717) is 23.6 Å². The number of carbonyl (C=O) groups is 2. The fourth-order valence-corrected chi connectivity index (χ4v) is 3.24. The number of rotatable bonds is 5. The third kappa shape index (κ3) is 7.05. The molecule has 4 heterocycles. The molecule has 0 spiro atoms. The molecular weight excluding hydrogens is 540 g/mol. The zero-order chi connectivity index (χ0) is 28.3. The second kappa shape index (κ2) is 11.2. The largest absolute Gasteiger partial charge is 0.490 e. The Kier molecular flexibility index (Phi) is 8.38. The van der Waals surface area contributed by atoms with Gasteiger partial charge in [-0.1, -0.05) is 0 Å². The standard InChI is InChI=1S/C17H17F5N8O.C2HF3O2/c18-12(19)9-29-8-11(14(27-29)17(20,21)22)25-16(31)10-7-24-30-4-1-13(26-15(10)30)28-5-2-23-3-6-28;3-2(4,5)1(6)7/h1,4,7-8,12,23H,2-3,5-6,9H2,(H,25,31);(H,6,7). The van der Waals surface area contributed by atoms with E-state index in [0.717, 1.165) is 19.3 Å². The molecule has 19 heteroatoms. The van der Waals surface area contributed by atoms with Crippen LogP contribution in [0.5, 0.6) is 0 Å². The van der Waals surface area contributed by atoms with Gasteiger partial charge < -0.3 is 20.6 Å². The highest BCUT2D eigenvalue weighted by Gasteiger charge is 2.39. The summed E-state index contributed by atoms with van der Waals surface area (Å²) in [5, 5.41) is 19.6. The van der Waals surface area contributed by atoms with Gasteiger partial charge in [0, 0.05) is 38.6 Å². The number of nitrogens with one attached hydrogen (secondary N) is 2. The highest BCUT2D eigenvalue weighted by atomic mass is 19.4. The van der Waals surface area contributed by atoms with Crippen LogP contribution in [-0.2, 0) is 17.5 Å². The van der Waals surface area contributed by atoms with E-state index in [2.05, 4.69) is 25.8 Å². The molecule has 1 aliphatic heterocycles. The Bertz CT molecular complexity index is 1280. The van der Waals surface area contributed by atoms with E-state index in [1.165, 1.54) is 10.7 Å². The number of carboxylic acid groups (broad SMARTS) is 1. The van der Waals surface area contributed by atoms with E-state index in [4.69, 9.17) is 9.90 Å². The lowest BCUT2D eigenvalue weighted by atomic mass is 10.3. The van der Waals surface area contributed by atoms with Gasteiger partial charge in [-0.05, 0) is 6.07 Å². The number of piperazine rings is 1. The van der Waals surface area contributed by atoms with Crippen molar-refractivity contribution in [1.29, 1.82) is 0 Å². The maximum absolute atomic E-state index is 13.2. The molecule has 0 atom stereocenters. The number of fused-ring (bicyclic) bond motifs is 1. The van der Waals surface area contributed by atoms with Crippen LogP contribution in [0.3, 0.4) is 0 Å². The first kappa shape index (κ1) is 28.5. The monoisotopic (exact) mass is 558 g/mol. The fraction of sp³-hybridized carbons (Fsp3) is 0.421. The van der Waals surface area contributed by atoms with Crippen LogP contribution in [0.4, 0.5) is 46.6 Å². The molecular formula is C19H18F8N8O3. The third-order valence-electron chi connectivity index (χ3n) is 4.89. The van der Waals surface area contributed by atoms with E-state index in [-0.39, 0.29) is 11.2 Å². The summed E-state index contributed by atoms with van der Waals surface area (Å²) in [4.78, 5) is 28.0. The quantitative estimate of drug-likeness (QED) is 0.408. The van der Waals surface area contributed by atoms with E-state index in [9.17, 15) is 39.9 Å². The molecule has 1 fully saturated rings. The maximum Gasteiger partial charge on any atom is 0.490 e. The molecule has 1 saturated heterocycles. The van der Waals surface area contributed by atoms with Crippen molar-refractivity contribution in [1.82, 2.24) is 29.7 Å². The Morgan fingerprint density at radius 2 is 1.76 bits per heavy atom. The summed E-state index contributed by atoms with van der Waals surface area (Å²) in [5.41, 5.74) is -2.10. The van der Waals surface area contributed by atoms with Crippen molar-refractivity contribution in [2.45, 2.75) is 25.3 Å². The van der Waals surface area contributed by atoms with Crippen molar-refractivity contribution in [2.24, 2.45) is 0 Å². The van der Waals surface area contributed by atoms with Crippen LogP contribution in [-0.4, -0.2) is 80.1 Å². The summed E-state index contributed by atoms with van der Waals surface area (Å²) in [6.07, 6.45) is -9.44. The zero-order valence-electron chi connectivity index (χ0n) is 18.9. The van der Waals surface area contributed by atoms with Crippen molar-refractivity contribution in [3.63, 3.8) is 0 Å². The maximum atomic E-state index is 13.2. The Morgan fingerprint density at radius 3 is 2.32 bits per heavy atom. The number of nitrogens with zero attached hydrogens (tertiary/aromatic N) is 6. The molecule has 0 radical (unpaired) electrons.